The van der Waals surface area contributed by atoms with Crippen LogP contribution in [-0.2, 0) is 16.1 Å². The van der Waals surface area contributed by atoms with E-state index in [1.165, 1.54) is 36.7 Å². The fourth-order valence-electron chi connectivity index (χ4n) is 7.73. The van der Waals surface area contributed by atoms with Crippen molar-refractivity contribution in [3.05, 3.63) is 33.7 Å². The van der Waals surface area contributed by atoms with Gasteiger partial charge in [0.2, 0.25) is 5.91 Å². The number of amides is 1. The van der Waals surface area contributed by atoms with E-state index in [9.17, 15) is 19.5 Å². The van der Waals surface area contributed by atoms with Crippen LogP contribution in [0, 0.1) is 17.3 Å². The second-order valence-electron chi connectivity index (χ2n) is 12.8. The summed E-state index contributed by atoms with van der Waals surface area (Å²) in [5.41, 5.74) is -0.489. The van der Waals surface area contributed by atoms with Gasteiger partial charge in [-0.15, -0.1) is 0 Å². The lowest BCUT2D eigenvalue weighted by molar-refractivity contribution is -0.163. The van der Waals surface area contributed by atoms with Crippen molar-refractivity contribution in [1.82, 2.24) is 9.47 Å². The number of hydrogen-bond acceptors (Lipinski definition) is 5. The first kappa shape index (κ1) is 27.4. The van der Waals surface area contributed by atoms with E-state index >= 15 is 0 Å². The van der Waals surface area contributed by atoms with Gasteiger partial charge in [-0.1, -0.05) is 51.9 Å². The Morgan fingerprint density at radius 2 is 1.79 bits per heavy atom. The van der Waals surface area contributed by atoms with E-state index in [1.807, 2.05) is 4.90 Å². The number of hydrogen-bond donors (Lipinski definition) is 1. The van der Waals surface area contributed by atoms with Gasteiger partial charge in [0, 0.05) is 36.7 Å². The lowest BCUT2D eigenvalue weighted by Gasteiger charge is -2.53. The standard InChI is InChI=1S/C31H46N2O5/c1-3-38-29(36)26-19-33(27(34)18-25(26)24-11-12-24)21-31(37)15-16-32(20-30(31)13-7-8-14-30)28(35)22(2)17-23-9-5-4-6-10-23/h18-19,22-24,37H,3-17,20-21H2,1-2H3/t22-,31-/m1/s1. The zero-order chi connectivity index (χ0) is 26.9. The number of nitrogens with zero attached hydrogens (tertiary/aromatic N) is 2. The molecule has 5 rings (SSSR count). The number of rotatable bonds is 8. The zero-order valence-corrected chi connectivity index (χ0v) is 23.4. The third-order valence-electron chi connectivity index (χ3n) is 10.1. The number of carbonyl (C=O) groups excluding carboxylic acids is 2. The third-order valence-corrected chi connectivity index (χ3v) is 10.1. The molecule has 1 aliphatic heterocycles. The van der Waals surface area contributed by atoms with Crippen LogP contribution in [0.5, 0.6) is 0 Å². The molecule has 0 aromatic carbocycles. The molecule has 1 amide bonds. The van der Waals surface area contributed by atoms with E-state index < -0.39 is 17.0 Å². The SMILES string of the molecule is CCOC(=O)c1cn(C[C@]2(O)CCN(C(=O)[C@H](C)CC3CCCCC3)CC23CCCC3)c(=O)cc1C1CC1. The maximum Gasteiger partial charge on any atom is 0.339 e. The number of aromatic nitrogens is 1. The quantitative estimate of drug-likeness (QED) is 0.480. The van der Waals surface area contributed by atoms with Crippen LogP contribution < -0.4 is 5.56 Å². The highest BCUT2D eigenvalue weighted by Crippen LogP contribution is 2.52. The van der Waals surface area contributed by atoms with Crippen LogP contribution in [0.1, 0.15) is 119 Å². The topological polar surface area (TPSA) is 88.8 Å². The maximum atomic E-state index is 13.6. The number of aliphatic hydroxyl groups is 1. The third kappa shape index (κ3) is 5.45. The number of piperidine rings is 1. The molecule has 4 aliphatic rings. The van der Waals surface area contributed by atoms with Crippen LogP contribution in [0.3, 0.4) is 0 Å². The van der Waals surface area contributed by atoms with Crippen molar-refractivity contribution in [3.63, 3.8) is 0 Å². The van der Waals surface area contributed by atoms with Gasteiger partial charge >= 0.3 is 5.97 Å². The van der Waals surface area contributed by atoms with Gasteiger partial charge in [-0.3, -0.25) is 9.59 Å². The van der Waals surface area contributed by atoms with Gasteiger partial charge in [-0.25, -0.2) is 4.79 Å². The summed E-state index contributed by atoms with van der Waals surface area (Å²) in [5.74, 6) is 0.722. The van der Waals surface area contributed by atoms with Crippen LogP contribution in [0.2, 0.25) is 0 Å². The molecule has 1 N–H and O–H groups in total. The van der Waals surface area contributed by atoms with Gasteiger partial charge < -0.3 is 19.3 Å². The van der Waals surface area contributed by atoms with Gasteiger partial charge in [0.1, 0.15) is 0 Å². The van der Waals surface area contributed by atoms with Gasteiger partial charge in [0.15, 0.2) is 0 Å². The monoisotopic (exact) mass is 526 g/mol. The molecule has 38 heavy (non-hydrogen) atoms. The van der Waals surface area contributed by atoms with Gasteiger partial charge in [-0.2, -0.15) is 0 Å². The summed E-state index contributed by atoms with van der Waals surface area (Å²) in [7, 11) is 0. The molecular weight excluding hydrogens is 480 g/mol. The number of pyridine rings is 1. The molecular formula is C31H46N2O5. The molecule has 7 nitrogen and oxygen atoms in total. The van der Waals surface area contributed by atoms with Crippen molar-refractivity contribution in [2.24, 2.45) is 17.3 Å². The highest BCUT2D eigenvalue weighted by molar-refractivity contribution is 5.91. The largest absolute Gasteiger partial charge is 0.462 e. The van der Waals surface area contributed by atoms with Gasteiger partial charge in [-0.05, 0) is 62.8 Å². The van der Waals surface area contributed by atoms with E-state index in [1.54, 1.807) is 19.2 Å². The average Bonchev–Trinajstić information content (AvgIpc) is 3.65. The van der Waals surface area contributed by atoms with Crippen LogP contribution in [0.25, 0.3) is 0 Å². The molecule has 0 bridgehead atoms. The second-order valence-corrected chi connectivity index (χ2v) is 12.8. The van der Waals surface area contributed by atoms with E-state index in [-0.39, 0.29) is 36.5 Å². The first-order valence-electron chi connectivity index (χ1n) is 15.2. The molecule has 210 valence electrons. The zero-order valence-electron chi connectivity index (χ0n) is 23.4. The normalized spacial score (nSPS) is 26.4. The predicted octanol–water partition coefficient (Wildman–Crippen LogP) is 5.03. The molecule has 7 heteroatoms. The summed E-state index contributed by atoms with van der Waals surface area (Å²) in [6, 6.07) is 1.58. The van der Waals surface area contributed by atoms with Crippen LogP contribution in [0.4, 0.5) is 0 Å². The molecule has 1 spiro atoms. The Kier molecular flexibility index (Phi) is 8.04. The Morgan fingerprint density at radius 1 is 1.08 bits per heavy atom. The average molecular weight is 527 g/mol. The molecule has 3 saturated carbocycles. The Labute approximate surface area is 226 Å². The molecule has 4 fully saturated rings. The summed E-state index contributed by atoms with van der Waals surface area (Å²) in [4.78, 5) is 41.5. The molecule has 1 aromatic rings. The Morgan fingerprint density at radius 3 is 2.45 bits per heavy atom. The summed E-state index contributed by atoms with van der Waals surface area (Å²) in [5, 5.41) is 12.2. The fraction of sp³-hybridized carbons (Fsp3) is 0.774. The van der Waals surface area contributed by atoms with Crippen molar-refractivity contribution >= 4 is 11.9 Å². The second kappa shape index (κ2) is 11.1. The predicted molar refractivity (Wildman–Crippen MR) is 146 cm³/mol. The van der Waals surface area contributed by atoms with Crippen molar-refractivity contribution in [1.29, 1.82) is 0 Å². The molecule has 1 aromatic heterocycles. The first-order chi connectivity index (χ1) is 18.2. The van der Waals surface area contributed by atoms with Crippen molar-refractivity contribution in [3.8, 4) is 0 Å². The van der Waals surface area contributed by atoms with Gasteiger partial charge in [0.25, 0.3) is 5.56 Å². The molecule has 1 saturated heterocycles. The molecule has 2 atom stereocenters. The highest BCUT2D eigenvalue weighted by atomic mass is 16.5. The molecule has 3 aliphatic carbocycles. The molecule has 0 radical (unpaired) electrons. The fourth-order valence-corrected chi connectivity index (χ4v) is 7.73. The minimum absolute atomic E-state index is 0.00692. The van der Waals surface area contributed by atoms with Crippen molar-refractivity contribution < 1.29 is 19.4 Å². The lowest BCUT2D eigenvalue weighted by atomic mass is 9.65. The Hall–Kier alpha value is -2.15. The maximum absolute atomic E-state index is 13.6. The summed E-state index contributed by atoms with van der Waals surface area (Å²) in [6.45, 7) is 5.34. The number of carbonyl (C=O) groups is 2. The number of esters is 1. The van der Waals surface area contributed by atoms with Crippen molar-refractivity contribution in [2.45, 2.75) is 115 Å². The molecule has 0 unspecified atom stereocenters. The smallest absolute Gasteiger partial charge is 0.339 e. The number of ether oxygens (including phenoxy) is 1. The summed E-state index contributed by atoms with van der Waals surface area (Å²) >= 11 is 0. The Balaban J connectivity index is 1.35. The van der Waals surface area contributed by atoms with E-state index in [0.29, 0.717) is 31.0 Å². The minimum Gasteiger partial charge on any atom is -0.462 e. The van der Waals surface area contributed by atoms with E-state index in [2.05, 4.69) is 6.92 Å². The van der Waals surface area contributed by atoms with Crippen LogP contribution >= 0.6 is 0 Å². The minimum atomic E-state index is -1.11. The van der Waals surface area contributed by atoms with E-state index in [4.69, 9.17) is 4.74 Å². The molecule has 2 heterocycles. The van der Waals surface area contributed by atoms with Crippen LogP contribution in [0.15, 0.2) is 17.1 Å². The van der Waals surface area contributed by atoms with E-state index in [0.717, 1.165) is 50.5 Å². The number of likely N-dealkylation sites (tertiary alicyclic amines) is 1. The highest BCUT2D eigenvalue weighted by Gasteiger charge is 2.56. The Bertz CT molecular complexity index is 1080. The summed E-state index contributed by atoms with van der Waals surface area (Å²) < 4.78 is 6.84. The summed E-state index contributed by atoms with van der Waals surface area (Å²) in [6.07, 6.45) is 15.1. The van der Waals surface area contributed by atoms with Gasteiger partial charge in [0.05, 0.1) is 24.3 Å². The first-order valence-corrected chi connectivity index (χ1v) is 15.2. The van der Waals surface area contributed by atoms with Crippen molar-refractivity contribution in [2.75, 3.05) is 19.7 Å². The lowest BCUT2D eigenvalue weighted by Crippen LogP contribution is -2.62. The van der Waals surface area contributed by atoms with Crippen LogP contribution in [-0.4, -0.2) is 51.7 Å².